The number of sulfonamides is 1. The van der Waals surface area contributed by atoms with Gasteiger partial charge in [0.25, 0.3) is 10.0 Å². The van der Waals surface area contributed by atoms with Gasteiger partial charge in [0.15, 0.2) is 0 Å². The van der Waals surface area contributed by atoms with Gasteiger partial charge in [0.2, 0.25) is 0 Å². The molecule has 3 aromatic rings. The monoisotopic (exact) mass is 387 g/mol. The van der Waals surface area contributed by atoms with E-state index in [-0.39, 0.29) is 10.9 Å². The molecule has 0 radical (unpaired) electrons. The number of aromatic nitrogens is 1. The molecule has 0 saturated carbocycles. The highest BCUT2D eigenvalue weighted by atomic mass is 35.5. The smallest absolute Gasteiger partial charge is 0.261 e. The Bertz CT molecular complexity index is 977. The minimum absolute atomic E-state index is 0.0812. The van der Waals surface area contributed by atoms with E-state index in [0.29, 0.717) is 16.5 Å². The van der Waals surface area contributed by atoms with Crippen LogP contribution in [0.25, 0.3) is 0 Å². The number of pyridine rings is 1. The van der Waals surface area contributed by atoms with Crippen LogP contribution < -0.4 is 10.0 Å². The zero-order chi connectivity index (χ0) is 18.6. The molecule has 0 aliphatic rings. The molecule has 0 aliphatic carbocycles. The Balaban J connectivity index is 1.70. The van der Waals surface area contributed by atoms with Crippen LogP contribution in [0.3, 0.4) is 0 Å². The predicted octanol–water partition coefficient (Wildman–Crippen LogP) is 4.71. The van der Waals surface area contributed by atoms with Gasteiger partial charge < -0.3 is 5.32 Å². The van der Waals surface area contributed by atoms with Crippen LogP contribution in [0.2, 0.25) is 5.02 Å². The molecule has 2 N–H and O–H groups in total. The van der Waals surface area contributed by atoms with Crippen LogP contribution in [0.5, 0.6) is 0 Å². The SMILES string of the molecule is CC(Nc1ccc(NS(=O)(=O)c2cccc(Cl)c2)cn1)c1ccccc1. The molecular weight excluding hydrogens is 370 g/mol. The number of hydrogen-bond donors (Lipinski definition) is 2. The van der Waals surface area contributed by atoms with Gasteiger partial charge in [-0.25, -0.2) is 13.4 Å². The van der Waals surface area contributed by atoms with E-state index < -0.39 is 10.0 Å². The van der Waals surface area contributed by atoms with Gasteiger partial charge in [-0.2, -0.15) is 0 Å². The van der Waals surface area contributed by atoms with Crippen LogP contribution in [0, 0.1) is 0 Å². The van der Waals surface area contributed by atoms with Gasteiger partial charge in [0, 0.05) is 11.1 Å². The van der Waals surface area contributed by atoms with Gasteiger partial charge in [0.05, 0.1) is 16.8 Å². The molecular formula is C19H18ClN3O2S. The summed E-state index contributed by atoms with van der Waals surface area (Å²) in [6, 6.07) is 19.6. The summed E-state index contributed by atoms with van der Waals surface area (Å²) < 4.78 is 27.3. The lowest BCUT2D eigenvalue weighted by Crippen LogP contribution is -2.13. The molecule has 3 rings (SSSR count). The molecule has 1 unspecified atom stereocenters. The van der Waals surface area contributed by atoms with Crippen molar-refractivity contribution in [1.82, 2.24) is 4.98 Å². The number of nitrogens with one attached hydrogen (secondary N) is 2. The van der Waals surface area contributed by atoms with E-state index in [1.165, 1.54) is 18.3 Å². The van der Waals surface area contributed by atoms with Crippen molar-refractivity contribution in [1.29, 1.82) is 0 Å². The highest BCUT2D eigenvalue weighted by Crippen LogP contribution is 2.21. The quantitative estimate of drug-likeness (QED) is 0.642. The topological polar surface area (TPSA) is 71.1 Å². The molecule has 0 aliphatic heterocycles. The lowest BCUT2D eigenvalue weighted by Gasteiger charge is -2.15. The second kappa shape index (κ2) is 7.76. The van der Waals surface area contributed by atoms with Crippen molar-refractivity contribution in [2.75, 3.05) is 10.0 Å². The van der Waals surface area contributed by atoms with E-state index in [4.69, 9.17) is 11.6 Å². The van der Waals surface area contributed by atoms with Crippen molar-refractivity contribution < 1.29 is 8.42 Å². The number of nitrogens with zero attached hydrogens (tertiary/aromatic N) is 1. The third-order valence-electron chi connectivity index (χ3n) is 3.79. The van der Waals surface area contributed by atoms with Crippen LogP contribution in [-0.4, -0.2) is 13.4 Å². The van der Waals surface area contributed by atoms with Gasteiger partial charge in [-0.15, -0.1) is 0 Å². The minimum Gasteiger partial charge on any atom is -0.364 e. The summed E-state index contributed by atoms with van der Waals surface area (Å²) in [4.78, 5) is 4.38. The van der Waals surface area contributed by atoms with Crippen molar-refractivity contribution in [3.05, 3.63) is 83.5 Å². The van der Waals surface area contributed by atoms with Crippen LogP contribution in [0.1, 0.15) is 18.5 Å². The molecule has 0 spiro atoms. The Morgan fingerprint density at radius 3 is 2.42 bits per heavy atom. The summed E-state index contributed by atoms with van der Waals surface area (Å²) in [7, 11) is -3.71. The Morgan fingerprint density at radius 1 is 1.00 bits per heavy atom. The van der Waals surface area contributed by atoms with Gasteiger partial charge >= 0.3 is 0 Å². The molecule has 0 bridgehead atoms. The Hall–Kier alpha value is -2.57. The zero-order valence-electron chi connectivity index (χ0n) is 14.1. The number of anilines is 2. The Labute approximate surface area is 158 Å². The van der Waals surface area contributed by atoms with Crippen molar-refractivity contribution in [3.63, 3.8) is 0 Å². The van der Waals surface area contributed by atoms with E-state index >= 15 is 0 Å². The summed E-state index contributed by atoms with van der Waals surface area (Å²) in [5.41, 5.74) is 1.52. The number of benzene rings is 2. The number of rotatable bonds is 6. The highest BCUT2D eigenvalue weighted by Gasteiger charge is 2.15. The molecule has 26 heavy (non-hydrogen) atoms. The normalized spacial score (nSPS) is 12.4. The predicted molar refractivity (Wildman–Crippen MR) is 105 cm³/mol. The van der Waals surface area contributed by atoms with Crippen LogP contribution in [0.15, 0.2) is 77.8 Å². The third kappa shape index (κ3) is 4.53. The minimum atomic E-state index is -3.71. The Kier molecular flexibility index (Phi) is 5.44. The second-order valence-electron chi connectivity index (χ2n) is 5.77. The van der Waals surface area contributed by atoms with Crippen molar-refractivity contribution >= 4 is 33.1 Å². The van der Waals surface area contributed by atoms with Crippen molar-refractivity contribution in [2.45, 2.75) is 17.9 Å². The standard InChI is InChI=1S/C19H18ClN3O2S/c1-14(15-6-3-2-4-7-15)22-19-11-10-17(13-21-19)23-26(24,25)18-9-5-8-16(20)12-18/h2-14,23H,1H3,(H,21,22). The van der Waals surface area contributed by atoms with E-state index in [2.05, 4.69) is 15.0 Å². The van der Waals surface area contributed by atoms with Crippen LogP contribution >= 0.6 is 11.6 Å². The average molecular weight is 388 g/mol. The maximum Gasteiger partial charge on any atom is 0.261 e. The first-order chi connectivity index (χ1) is 12.4. The van der Waals surface area contributed by atoms with E-state index in [1.807, 2.05) is 37.3 Å². The van der Waals surface area contributed by atoms with Gasteiger partial charge in [-0.05, 0) is 42.8 Å². The molecule has 1 aromatic heterocycles. The summed E-state index contributed by atoms with van der Waals surface area (Å²) in [6.45, 7) is 2.03. The maximum absolute atomic E-state index is 12.4. The summed E-state index contributed by atoms with van der Waals surface area (Å²) in [6.07, 6.45) is 1.47. The molecule has 134 valence electrons. The largest absolute Gasteiger partial charge is 0.364 e. The third-order valence-corrected chi connectivity index (χ3v) is 5.40. The maximum atomic E-state index is 12.4. The van der Waals surface area contributed by atoms with E-state index in [9.17, 15) is 8.42 Å². The molecule has 0 saturated heterocycles. The highest BCUT2D eigenvalue weighted by molar-refractivity contribution is 7.92. The average Bonchev–Trinajstić information content (AvgIpc) is 2.64. The molecule has 1 heterocycles. The van der Waals surface area contributed by atoms with E-state index in [1.54, 1.807) is 24.3 Å². The molecule has 2 aromatic carbocycles. The Morgan fingerprint density at radius 2 is 1.77 bits per heavy atom. The lowest BCUT2D eigenvalue weighted by molar-refractivity contribution is 0.601. The zero-order valence-corrected chi connectivity index (χ0v) is 15.6. The van der Waals surface area contributed by atoms with E-state index in [0.717, 1.165) is 5.56 Å². The molecule has 0 fully saturated rings. The fourth-order valence-electron chi connectivity index (χ4n) is 2.43. The van der Waals surface area contributed by atoms with Gasteiger partial charge in [-0.1, -0.05) is 48.0 Å². The first kappa shape index (κ1) is 18.2. The molecule has 1 atom stereocenters. The van der Waals surface area contributed by atoms with Crippen LogP contribution in [0.4, 0.5) is 11.5 Å². The number of hydrogen-bond acceptors (Lipinski definition) is 4. The lowest BCUT2D eigenvalue weighted by atomic mass is 10.1. The fraction of sp³-hybridized carbons (Fsp3) is 0.105. The molecule has 5 nitrogen and oxygen atoms in total. The van der Waals surface area contributed by atoms with Gasteiger partial charge in [0.1, 0.15) is 5.82 Å². The molecule has 0 amide bonds. The van der Waals surface area contributed by atoms with Crippen LogP contribution in [-0.2, 0) is 10.0 Å². The number of halogens is 1. The van der Waals surface area contributed by atoms with Crippen molar-refractivity contribution in [2.24, 2.45) is 0 Å². The van der Waals surface area contributed by atoms with Gasteiger partial charge in [-0.3, -0.25) is 4.72 Å². The first-order valence-corrected chi connectivity index (χ1v) is 9.86. The first-order valence-electron chi connectivity index (χ1n) is 8.00. The molecule has 7 heteroatoms. The second-order valence-corrected chi connectivity index (χ2v) is 7.89. The summed E-state index contributed by atoms with van der Waals surface area (Å²) >= 11 is 5.86. The van der Waals surface area contributed by atoms with Crippen molar-refractivity contribution in [3.8, 4) is 0 Å². The fourth-order valence-corrected chi connectivity index (χ4v) is 3.78. The summed E-state index contributed by atoms with van der Waals surface area (Å²) in [5.74, 6) is 0.659. The summed E-state index contributed by atoms with van der Waals surface area (Å²) in [5, 5.41) is 3.64.